The van der Waals surface area contributed by atoms with E-state index in [1.807, 2.05) is 30.5 Å². The molecule has 0 heterocycles. The third-order valence-corrected chi connectivity index (χ3v) is 3.37. The Labute approximate surface area is 112 Å². The lowest BCUT2D eigenvalue weighted by Gasteiger charge is -2.14. The monoisotopic (exact) mass is 269 g/mol. The highest BCUT2D eigenvalue weighted by Gasteiger charge is 2.10. The molecule has 1 rings (SSSR count). The van der Waals surface area contributed by atoms with Crippen LogP contribution in [0, 0.1) is 0 Å². The second-order valence-electron chi connectivity index (χ2n) is 3.69. The predicted molar refractivity (Wildman–Crippen MR) is 72.7 cm³/mol. The van der Waals surface area contributed by atoms with Gasteiger partial charge in [0.05, 0.1) is 13.0 Å². The van der Waals surface area contributed by atoms with Crippen LogP contribution in [0.4, 0.5) is 0 Å². The average Bonchev–Trinajstić information content (AvgIpc) is 2.40. The maximum atomic E-state index is 11.8. The van der Waals surface area contributed by atoms with Crippen molar-refractivity contribution in [3.05, 3.63) is 29.8 Å². The van der Waals surface area contributed by atoms with Crippen molar-refractivity contribution in [3.8, 4) is 0 Å². The topological polar surface area (TPSA) is 47.6 Å². The van der Waals surface area contributed by atoms with Crippen molar-refractivity contribution < 1.29 is 14.3 Å². The maximum Gasteiger partial charge on any atom is 0.224 e. The van der Waals surface area contributed by atoms with E-state index in [4.69, 9.17) is 9.47 Å². The molecule has 5 heteroatoms. The van der Waals surface area contributed by atoms with E-state index >= 15 is 0 Å². The number of carbonyl (C=O) groups excluding carboxylic acids is 1. The number of rotatable bonds is 7. The minimum absolute atomic E-state index is 0.0319. The number of methoxy groups -OCH3 is 2. The molecule has 0 saturated carbocycles. The SMILES string of the molecule is COC(CNC(=O)Cc1ccccc1SC)OC. The highest BCUT2D eigenvalue weighted by molar-refractivity contribution is 7.98. The van der Waals surface area contributed by atoms with E-state index < -0.39 is 6.29 Å². The van der Waals surface area contributed by atoms with Crippen molar-refractivity contribution in [3.63, 3.8) is 0 Å². The molecular weight excluding hydrogens is 250 g/mol. The fourth-order valence-electron chi connectivity index (χ4n) is 1.54. The minimum atomic E-state index is -0.398. The predicted octanol–water partition coefficient (Wildman–Crippen LogP) is 1.69. The Kier molecular flexibility index (Phi) is 6.78. The fraction of sp³-hybridized carbons (Fsp3) is 0.462. The van der Waals surface area contributed by atoms with E-state index in [1.165, 1.54) is 0 Å². The van der Waals surface area contributed by atoms with Gasteiger partial charge in [-0.25, -0.2) is 0 Å². The summed E-state index contributed by atoms with van der Waals surface area (Å²) in [7, 11) is 3.09. The number of nitrogens with one attached hydrogen (secondary N) is 1. The van der Waals surface area contributed by atoms with Crippen LogP contribution in [0.2, 0.25) is 0 Å². The number of ether oxygens (including phenoxy) is 2. The molecule has 0 saturated heterocycles. The quantitative estimate of drug-likeness (QED) is 0.604. The molecule has 0 spiro atoms. The van der Waals surface area contributed by atoms with Gasteiger partial charge in [0.2, 0.25) is 5.91 Å². The van der Waals surface area contributed by atoms with Crippen LogP contribution in [0.1, 0.15) is 5.56 Å². The third-order valence-electron chi connectivity index (χ3n) is 2.54. The lowest BCUT2D eigenvalue weighted by atomic mass is 10.1. The number of carbonyl (C=O) groups is 1. The first-order valence-corrected chi connectivity index (χ1v) is 6.88. The average molecular weight is 269 g/mol. The molecule has 1 aromatic carbocycles. The minimum Gasteiger partial charge on any atom is -0.354 e. The van der Waals surface area contributed by atoms with E-state index in [9.17, 15) is 4.79 Å². The second kappa shape index (κ2) is 8.13. The Balaban J connectivity index is 2.49. The first-order chi connectivity index (χ1) is 8.71. The van der Waals surface area contributed by atoms with E-state index in [-0.39, 0.29) is 5.91 Å². The summed E-state index contributed by atoms with van der Waals surface area (Å²) >= 11 is 1.64. The molecular formula is C13H19NO3S. The number of amides is 1. The lowest BCUT2D eigenvalue weighted by molar-refractivity contribution is -0.126. The molecule has 0 atom stereocenters. The Morgan fingerprint density at radius 3 is 2.61 bits per heavy atom. The van der Waals surface area contributed by atoms with Crippen LogP contribution in [0.5, 0.6) is 0 Å². The van der Waals surface area contributed by atoms with Crippen molar-refractivity contribution >= 4 is 17.7 Å². The molecule has 0 fully saturated rings. The molecule has 4 nitrogen and oxygen atoms in total. The highest BCUT2D eigenvalue weighted by Crippen LogP contribution is 2.20. The summed E-state index contributed by atoms with van der Waals surface area (Å²) in [6.07, 6.45) is 1.98. The van der Waals surface area contributed by atoms with Crippen molar-refractivity contribution in [1.82, 2.24) is 5.32 Å². The van der Waals surface area contributed by atoms with Crippen LogP contribution >= 0.6 is 11.8 Å². The zero-order chi connectivity index (χ0) is 13.4. The molecule has 1 amide bonds. The highest BCUT2D eigenvalue weighted by atomic mass is 32.2. The normalized spacial score (nSPS) is 10.7. The van der Waals surface area contributed by atoms with E-state index in [0.717, 1.165) is 10.5 Å². The molecule has 0 aliphatic heterocycles. The first-order valence-electron chi connectivity index (χ1n) is 5.65. The first kappa shape index (κ1) is 15.0. The van der Waals surface area contributed by atoms with Crippen molar-refractivity contribution in [2.75, 3.05) is 27.0 Å². The van der Waals surface area contributed by atoms with Crippen LogP contribution in [-0.2, 0) is 20.7 Å². The molecule has 100 valence electrons. The smallest absolute Gasteiger partial charge is 0.224 e. The fourth-order valence-corrected chi connectivity index (χ4v) is 2.16. The van der Waals surface area contributed by atoms with E-state index in [0.29, 0.717) is 13.0 Å². The van der Waals surface area contributed by atoms with Gasteiger partial charge in [0.15, 0.2) is 6.29 Å². The molecule has 1 aromatic rings. The third kappa shape index (κ3) is 4.68. The second-order valence-corrected chi connectivity index (χ2v) is 4.54. The van der Waals surface area contributed by atoms with Gasteiger partial charge in [-0.3, -0.25) is 4.79 Å². The van der Waals surface area contributed by atoms with Crippen LogP contribution in [-0.4, -0.2) is 39.2 Å². The van der Waals surface area contributed by atoms with E-state index in [1.54, 1.807) is 26.0 Å². The zero-order valence-electron chi connectivity index (χ0n) is 10.9. The summed E-state index contributed by atoms with van der Waals surface area (Å²) in [5.41, 5.74) is 1.04. The maximum absolute atomic E-state index is 11.8. The van der Waals surface area contributed by atoms with Gasteiger partial charge >= 0.3 is 0 Å². The molecule has 0 unspecified atom stereocenters. The van der Waals surface area contributed by atoms with E-state index in [2.05, 4.69) is 5.32 Å². The summed E-state index contributed by atoms with van der Waals surface area (Å²) in [5.74, 6) is -0.0319. The Bertz CT molecular complexity index is 380. The van der Waals surface area contributed by atoms with Crippen LogP contribution in [0.3, 0.4) is 0 Å². The van der Waals surface area contributed by atoms with Gasteiger partial charge in [0.1, 0.15) is 0 Å². The Morgan fingerprint density at radius 2 is 2.00 bits per heavy atom. The van der Waals surface area contributed by atoms with Crippen LogP contribution in [0.25, 0.3) is 0 Å². The van der Waals surface area contributed by atoms with Gasteiger partial charge in [0.25, 0.3) is 0 Å². The van der Waals surface area contributed by atoms with Gasteiger partial charge in [-0.1, -0.05) is 18.2 Å². The molecule has 0 aromatic heterocycles. The summed E-state index contributed by atoms with van der Waals surface area (Å²) in [6.45, 7) is 0.354. The zero-order valence-corrected chi connectivity index (χ0v) is 11.8. The van der Waals surface area contributed by atoms with Crippen LogP contribution < -0.4 is 5.32 Å². The summed E-state index contributed by atoms with van der Waals surface area (Å²) in [6, 6.07) is 7.89. The molecule has 1 N–H and O–H groups in total. The summed E-state index contributed by atoms with van der Waals surface area (Å²) in [5, 5.41) is 2.79. The van der Waals surface area contributed by atoms with Gasteiger partial charge in [0, 0.05) is 19.1 Å². The molecule has 0 radical (unpaired) electrons. The van der Waals surface area contributed by atoms with Crippen molar-refractivity contribution in [2.45, 2.75) is 17.6 Å². The van der Waals surface area contributed by atoms with Crippen molar-refractivity contribution in [1.29, 1.82) is 0 Å². The van der Waals surface area contributed by atoms with Gasteiger partial charge in [-0.2, -0.15) is 0 Å². The number of hydrogen-bond acceptors (Lipinski definition) is 4. The van der Waals surface area contributed by atoms with Gasteiger partial charge in [-0.05, 0) is 17.9 Å². The van der Waals surface area contributed by atoms with Crippen molar-refractivity contribution in [2.24, 2.45) is 0 Å². The molecule has 0 aliphatic rings. The largest absolute Gasteiger partial charge is 0.354 e. The summed E-state index contributed by atoms with van der Waals surface area (Å²) in [4.78, 5) is 12.9. The number of benzene rings is 1. The number of hydrogen-bond donors (Lipinski definition) is 1. The van der Waals surface area contributed by atoms with Gasteiger partial charge < -0.3 is 14.8 Å². The molecule has 0 bridgehead atoms. The Hall–Kier alpha value is -1.04. The molecule has 0 aliphatic carbocycles. The number of thioether (sulfide) groups is 1. The van der Waals surface area contributed by atoms with Gasteiger partial charge in [-0.15, -0.1) is 11.8 Å². The lowest BCUT2D eigenvalue weighted by Crippen LogP contribution is -2.35. The van der Waals surface area contributed by atoms with Crippen LogP contribution in [0.15, 0.2) is 29.2 Å². The Morgan fingerprint density at radius 1 is 1.33 bits per heavy atom. The standard InChI is InChI=1S/C13H19NO3S/c1-16-13(17-2)9-14-12(15)8-10-6-4-5-7-11(10)18-3/h4-7,13H,8-9H2,1-3H3,(H,14,15). The summed E-state index contributed by atoms with van der Waals surface area (Å²) < 4.78 is 10.0. The molecule has 18 heavy (non-hydrogen) atoms.